The summed E-state index contributed by atoms with van der Waals surface area (Å²) < 4.78 is 5.87. The van der Waals surface area contributed by atoms with Crippen molar-refractivity contribution in [3.8, 4) is 0 Å². The minimum Gasteiger partial charge on any atom is -0.373 e. The quantitative estimate of drug-likeness (QED) is 0.853. The number of ether oxygens (including phenoxy) is 1. The van der Waals surface area contributed by atoms with Crippen molar-refractivity contribution in [1.82, 2.24) is 9.80 Å². The number of piperidine rings is 1. The summed E-state index contributed by atoms with van der Waals surface area (Å²) in [6, 6.07) is 9.68. The second-order valence-corrected chi connectivity index (χ2v) is 7.21. The molecule has 2 aliphatic rings. The Morgan fingerprint density at radius 3 is 2.41 bits per heavy atom. The molecule has 2 heterocycles. The van der Waals surface area contributed by atoms with Crippen LogP contribution in [0.15, 0.2) is 24.3 Å². The molecule has 122 valence electrons. The van der Waals surface area contributed by atoms with E-state index < -0.39 is 0 Å². The molecule has 1 aromatic carbocycles. The van der Waals surface area contributed by atoms with Crippen LogP contribution in [0.2, 0.25) is 0 Å². The van der Waals surface area contributed by atoms with Crippen LogP contribution in [-0.2, 0) is 11.3 Å². The Balaban J connectivity index is 1.50. The van der Waals surface area contributed by atoms with E-state index in [1.807, 2.05) is 0 Å². The molecule has 2 fully saturated rings. The first-order chi connectivity index (χ1) is 10.6. The summed E-state index contributed by atoms with van der Waals surface area (Å²) in [6.45, 7) is 12.3. The zero-order chi connectivity index (χ0) is 15.5. The van der Waals surface area contributed by atoms with Gasteiger partial charge in [0.25, 0.3) is 0 Å². The van der Waals surface area contributed by atoms with Gasteiger partial charge in [0, 0.05) is 25.7 Å². The number of rotatable bonds is 3. The highest BCUT2D eigenvalue weighted by atomic mass is 16.5. The average Bonchev–Trinajstić information content (AvgIpc) is 2.47. The van der Waals surface area contributed by atoms with Crippen molar-refractivity contribution >= 4 is 0 Å². The van der Waals surface area contributed by atoms with Gasteiger partial charge in [-0.15, -0.1) is 0 Å². The SMILES string of the molecule is Cc1cccc(CN2CCC(N3C[C@@H](C)O[C@H](C)C3)CC2)c1. The molecule has 3 rings (SSSR count). The number of morpholine rings is 1. The summed E-state index contributed by atoms with van der Waals surface area (Å²) in [5.74, 6) is 0. The van der Waals surface area contributed by atoms with Gasteiger partial charge in [-0.2, -0.15) is 0 Å². The van der Waals surface area contributed by atoms with Crippen LogP contribution >= 0.6 is 0 Å². The second kappa shape index (κ2) is 7.12. The molecule has 0 aliphatic carbocycles. The van der Waals surface area contributed by atoms with Gasteiger partial charge in [-0.25, -0.2) is 0 Å². The normalized spacial score (nSPS) is 28.9. The third-order valence-electron chi connectivity index (χ3n) is 5.01. The zero-order valence-electron chi connectivity index (χ0n) is 14.3. The third-order valence-corrected chi connectivity index (χ3v) is 5.01. The van der Waals surface area contributed by atoms with E-state index in [0.29, 0.717) is 12.2 Å². The first-order valence-electron chi connectivity index (χ1n) is 8.77. The van der Waals surface area contributed by atoms with E-state index in [2.05, 4.69) is 54.8 Å². The molecule has 2 saturated heterocycles. The Bertz CT molecular complexity index is 472. The summed E-state index contributed by atoms with van der Waals surface area (Å²) in [7, 11) is 0. The zero-order valence-corrected chi connectivity index (χ0v) is 14.3. The van der Waals surface area contributed by atoms with Gasteiger partial charge in [0.1, 0.15) is 0 Å². The van der Waals surface area contributed by atoms with Gasteiger partial charge in [-0.1, -0.05) is 29.8 Å². The number of hydrogen-bond donors (Lipinski definition) is 0. The largest absolute Gasteiger partial charge is 0.373 e. The molecule has 3 heteroatoms. The van der Waals surface area contributed by atoms with E-state index in [4.69, 9.17) is 4.74 Å². The van der Waals surface area contributed by atoms with E-state index >= 15 is 0 Å². The van der Waals surface area contributed by atoms with E-state index in [0.717, 1.165) is 25.7 Å². The van der Waals surface area contributed by atoms with Gasteiger partial charge >= 0.3 is 0 Å². The molecule has 0 saturated carbocycles. The summed E-state index contributed by atoms with van der Waals surface area (Å²) in [4.78, 5) is 5.28. The predicted octanol–water partition coefficient (Wildman–Crippen LogP) is 3.07. The van der Waals surface area contributed by atoms with E-state index in [1.165, 1.54) is 37.1 Å². The second-order valence-electron chi connectivity index (χ2n) is 7.21. The maximum atomic E-state index is 5.87. The highest BCUT2D eigenvalue weighted by Crippen LogP contribution is 2.22. The van der Waals surface area contributed by atoms with Crippen molar-refractivity contribution < 1.29 is 4.74 Å². The molecule has 2 aliphatic heterocycles. The predicted molar refractivity (Wildman–Crippen MR) is 91.1 cm³/mol. The van der Waals surface area contributed by atoms with Gasteiger partial charge in [-0.3, -0.25) is 9.80 Å². The fraction of sp³-hybridized carbons (Fsp3) is 0.684. The molecule has 0 unspecified atom stereocenters. The maximum Gasteiger partial charge on any atom is 0.0678 e. The molecule has 22 heavy (non-hydrogen) atoms. The Labute approximate surface area is 135 Å². The highest BCUT2D eigenvalue weighted by molar-refractivity contribution is 5.22. The van der Waals surface area contributed by atoms with E-state index in [9.17, 15) is 0 Å². The van der Waals surface area contributed by atoms with Gasteiger partial charge in [0.15, 0.2) is 0 Å². The highest BCUT2D eigenvalue weighted by Gasteiger charge is 2.30. The number of aryl methyl sites for hydroxylation is 1. The summed E-state index contributed by atoms with van der Waals surface area (Å²) in [5.41, 5.74) is 2.82. The molecule has 0 radical (unpaired) electrons. The molecular weight excluding hydrogens is 272 g/mol. The number of nitrogens with zero attached hydrogens (tertiary/aromatic N) is 2. The van der Waals surface area contributed by atoms with Crippen molar-refractivity contribution in [2.24, 2.45) is 0 Å². The number of likely N-dealkylation sites (tertiary alicyclic amines) is 1. The monoisotopic (exact) mass is 302 g/mol. The molecule has 0 N–H and O–H groups in total. The van der Waals surface area contributed by atoms with Crippen LogP contribution in [0.1, 0.15) is 37.8 Å². The summed E-state index contributed by atoms with van der Waals surface area (Å²) in [6.07, 6.45) is 3.36. The van der Waals surface area contributed by atoms with Crippen molar-refractivity contribution in [3.63, 3.8) is 0 Å². The first kappa shape index (κ1) is 16.0. The lowest BCUT2D eigenvalue weighted by Crippen LogP contribution is -2.53. The molecule has 1 aromatic rings. The number of hydrogen-bond acceptors (Lipinski definition) is 3. The standard InChI is InChI=1S/C19H30N2O/c1-15-5-4-6-18(11-15)14-20-9-7-19(8-10-20)21-12-16(2)22-17(3)13-21/h4-6,11,16-17,19H,7-10,12-14H2,1-3H3/t16-,17-/m1/s1. The van der Waals surface area contributed by atoms with Crippen LogP contribution in [0.3, 0.4) is 0 Å². The lowest BCUT2D eigenvalue weighted by Gasteiger charge is -2.43. The van der Waals surface area contributed by atoms with Crippen molar-refractivity contribution in [2.75, 3.05) is 26.2 Å². The summed E-state index contributed by atoms with van der Waals surface area (Å²) in [5, 5.41) is 0. The van der Waals surface area contributed by atoms with Gasteiger partial charge < -0.3 is 4.74 Å². The minimum absolute atomic E-state index is 0.383. The van der Waals surface area contributed by atoms with Crippen molar-refractivity contribution in [3.05, 3.63) is 35.4 Å². The average molecular weight is 302 g/mol. The van der Waals surface area contributed by atoms with Crippen LogP contribution in [0, 0.1) is 6.92 Å². The van der Waals surface area contributed by atoms with E-state index in [-0.39, 0.29) is 0 Å². The molecule has 0 bridgehead atoms. The van der Waals surface area contributed by atoms with Crippen LogP contribution in [0.5, 0.6) is 0 Å². The van der Waals surface area contributed by atoms with Crippen LogP contribution in [0.25, 0.3) is 0 Å². The van der Waals surface area contributed by atoms with E-state index in [1.54, 1.807) is 0 Å². The Kier molecular flexibility index (Phi) is 5.17. The topological polar surface area (TPSA) is 15.7 Å². The van der Waals surface area contributed by atoms with Gasteiger partial charge in [0.2, 0.25) is 0 Å². The lowest BCUT2D eigenvalue weighted by atomic mass is 10.0. The number of benzene rings is 1. The third kappa shape index (κ3) is 4.09. The Morgan fingerprint density at radius 1 is 1.09 bits per heavy atom. The fourth-order valence-corrected chi connectivity index (χ4v) is 4.03. The van der Waals surface area contributed by atoms with Crippen LogP contribution < -0.4 is 0 Å². The molecule has 0 amide bonds. The Hall–Kier alpha value is -0.900. The lowest BCUT2D eigenvalue weighted by molar-refractivity contribution is -0.0865. The van der Waals surface area contributed by atoms with Crippen molar-refractivity contribution in [1.29, 1.82) is 0 Å². The first-order valence-corrected chi connectivity index (χ1v) is 8.77. The molecule has 3 nitrogen and oxygen atoms in total. The van der Waals surface area contributed by atoms with Gasteiger partial charge in [0.05, 0.1) is 12.2 Å². The molecule has 2 atom stereocenters. The van der Waals surface area contributed by atoms with Gasteiger partial charge in [-0.05, 0) is 52.3 Å². The van der Waals surface area contributed by atoms with Crippen LogP contribution in [-0.4, -0.2) is 54.2 Å². The van der Waals surface area contributed by atoms with Crippen molar-refractivity contribution in [2.45, 2.75) is 58.4 Å². The molecule has 0 spiro atoms. The minimum atomic E-state index is 0.383. The Morgan fingerprint density at radius 2 is 1.77 bits per heavy atom. The van der Waals surface area contributed by atoms with Crippen LogP contribution in [0.4, 0.5) is 0 Å². The smallest absolute Gasteiger partial charge is 0.0678 e. The molecular formula is C19H30N2O. The molecule has 0 aromatic heterocycles. The summed E-state index contributed by atoms with van der Waals surface area (Å²) >= 11 is 0. The fourth-order valence-electron chi connectivity index (χ4n) is 4.03. The maximum absolute atomic E-state index is 5.87.